The van der Waals surface area contributed by atoms with Gasteiger partial charge in [-0.15, -0.1) is 11.6 Å². The number of rotatable bonds is 5. The number of anilines is 1. The van der Waals surface area contributed by atoms with Crippen molar-refractivity contribution in [3.8, 4) is 0 Å². The zero-order valence-electron chi connectivity index (χ0n) is 9.55. The van der Waals surface area contributed by atoms with E-state index in [1.165, 1.54) is 0 Å². The Labute approximate surface area is 96.3 Å². The zero-order chi connectivity index (χ0) is 11.3. The molecule has 0 aliphatic rings. The standard InChI is InChI=1S/C11H18ClN3/c1-4-10-5-11(15-9(3)14-10)13-7-8(2)6-12/h5,8H,4,6-7H2,1-3H3,(H,13,14,15). The maximum Gasteiger partial charge on any atom is 0.129 e. The molecule has 15 heavy (non-hydrogen) atoms. The molecule has 0 amide bonds. The molecule has 0 aliphatic heterocycles. The number of aromatic nitrogens is 2. The van der Waals surface area contributed by atoms with E-state index in [1.807, 2.05) is 13.0 Å². The van der Waals surface area contributed by atoms with E-state index in [2.05, 4.69) is 29.1 Å². The second kappa shape index (κ2) is 5.91. The quantitative estimate of drug-likeness (QED) is 0.786. The monoisotopic (exact) mass is 227 g/mol. The number of hydrogen-bond acceptors (Lipinski definition) is 3. The Kier molecular flexibility index (Phi) is 4.82. The number of alkyl halides is 1. The van der Waals surface area contributed by atoms with E-state index in [9.17, 15) is 0 Å². The molecule has 0 fully saturated rings. The predicted molar refractivity (Wildman–Crippen MR) is 64.5 cm³/mol. The maximum atomic E-state index is 5.74. The van der Waals surface area contributed by atoms with Crippen LogP contribution in [0.2, 0.25) is 0 Å². The van der Waals surface area contributed by atoms with Crippen LogP contribution in [0.25, 0.3) is 0 Å². The van der Waals surface area contributed by atoms with E-state index in [4.69, 9.17) is 11.6 Å². The van der Waals surface area contributed by atoms with Gasteiger partial charge in [0.1, 0.15) is 11.6 Å². The van der Waals surface area contributed by atoms with Crippen LogP contribution >= 0.6 is 11.6 Å². The van der Waals surface area contributed by atoms with E-state index >= 15 is 0 Å². The first kappa shape index (κ1) is 12.2. The van der Waals surface area contributed by atoms with Crippen LogP contribution in [0.3, 0.4) is 0 Å². The highest BCUT2D eigenvalue weighted by Crippen LogP contribution is 2.08. The summed E-state index contributed by atoms with van der Waals surface area (Å²) in [5.41, 5.74) is 1.07. The number of aryl methyl sites for hydroxylation is 2. The van der Waals surface area contributed by atoms with Crippen LogP contribution in [0.15, 0.2) is 6.07 Å². The summed E-state index contributed by atoms with van der Waals surface area (Å²) in [6, 6.07) is 1.99. The van der Waals surface area contributed by atoms with Gasteiger partial charge in [-0.25, -0.2) is 9.97 Å². The zero-order valence-corrected chi connectivity index (χ0v) is 10.3. The summed E-state index contributed by atoms with van der Waals surface area (Å²) in [5, 5.41) is 3.28. The lowest BCUT2D eigenvalue weighted by atomic mass is 10.2. The minimum atomic E-state index is 0.451. The molecule has 0 spiro atoms. The van der Waals surface area contributed by atoms with Crippen molar-refractivity contribution in [3.63, 3.8) is 0 Å². The van der Waals surface area contributed by atoms with Crippen molar-refractivity contribution < 1.29 is 0 Å². The average Bonchev–Trinajstić information content (AvgIpc) is 2.25. The minimum Gasteiger partial charge on any atom is -0.370 e. The van der Waals surface area contributed by atoms with Crippen molar-refractivity contribution in [1.82, 2.24) is 9.97 Å². The van der Waals surface area contributed by atoms with Gasteiger partial charge in [0.05, 0.1) is 0 Å². The Balaban J connectivity index is 2.64. The van der Waals surface area contributed by atoms with Crippen LogP contribution in [0.5, 0.6) is 0 Å². The molecular weight excluding hydrogens is 210 g/mol. The molecule has 4 heteroatoms. The molecular formula is C11H18ClN3. The van der Waals surface area contributed by atoms with Gasteiger partial charge in [-0.05, 0) is 19.3 Å². The molecule has 0 saturated carbocycles. The molecule has 3 nitrogen and oxygen atoms in total. The van der Waals surface area contributed by atoms with E-state index in [-0.39, 0.29) is 0 Å². The van der Waals surface area contributed by atoms with Crippen molar-refractivity contribution in [2.24, 2.45) is 5.92 Å². The number of hydrogen-bond donors (Lipinski definition) is 1. The summed E-state index contributed by atoms with van der Waals surface area (Å²) in [6.07, 6.45) is 0.934. The highest BCUT2D eigenvalue weighted by atomic mass is 35.5. The van der Waals surface area contributed by atoms with E-state index in [0.717, 1.165) is 30.3 Å². The minimum absolute atomic E-state index is 0.451. The lowest BCUT2D eigenvalue weighted by Gasteiger charge is -2.11. The fourth-order valence-electron chi connectivity index (χ4n) is 1.23. The number of nitrogens with one attached hydrogen (secondary N) is 1. The van der Waals surface area contributed by atoms with Crippen molar-refractivity contribution in [3.05, 3.63) is 17.6 Å². The predicted octanol–water partition coefficient (Wildman–Crippen LogP) is 2.63. The number of halogens is 1. The molecule has 1 rings (SSSR count). The molecule has 1 aromatic heterocycles. The fourth-order valence-corrected chi connectivity index (χ4v) is 1.34. The number of nitrogens with zero attached hydrogens (tertiary/aromatic N) is 2. The highest BCUT2D eigenvalue weighted by molar-refractivity contribution is 6.18. The van der Waals surface area contributed by atoms with Crippen molar-refractivity contribution in [2.45, 2.75) is 27.2 Å². The first-order chi connectivity index (χ1) is 7.15. The largest absolute Gasteiger partial charge is 0.370 e. The molecule has 1 unspecified atom stereocenters. The van der Waals surface area contributed by atoms with E-state index in [1.54, 1.807) is 0 Å². The molecule has 84 valence electrons. The van der Waals surface area contributed by atoms with Crippen molar-refractivity contribution in [2.75, 3.05) is 17.7 Å². The van der Waals surface area contributed by atoms with Gasteiger partial charge in [-0.3, -0.25) is 0 Å². The first-order valence-electron chi connectivity index (χ1n) is 5.30. The van der Waals surface area contributed by atoms with Gasteiger partial charge in [0.15, 0.2) is 0 Å². The van der Waals surface area contributed by atoms with Crippen molar-refractivity contribution >= 4 is 17.4 Å². The molecule has 0 saturated heterocycles. The van der Waals surface area contributed by atoms with Gasteiger partial charge in [0, 0.05) is 24.2 Å². The van der Waals surface area contributed by atoms with Gasteiger partial charge < -0.3 is 5.32 Å². The van der Waals surface area contributed by atoms with Crippen LogP contribution in [-0.2, 0) is 6.42 Å². The van der Waals surface area contributed by atoms with Gasteiger partial charge in [0.25, 0.3) is 0 Å². The third-order valence-electron chi connectivity index (χ3n) is 2.15. The second-order valence-electron chi connectivity index (χ2n) is 3.79. The van der Waals surface area contributed by atoms with E-state index in [0.29, 0.717) is 11.8 Å². The smallest absolute Gasteiger partial charge is 0.129 e. The Bertz CT molecular complexity index is 315. The SMILES string of the molecule is CCc1cc(NCC(C)CCl)nc(C)n1. The van der Waals surface area contributed by atoms with Crippen LogP contribution in [0.4, 0.5) is 5.82 Å². The molecule has 0 aromatic carbocycles. The van der Waals surface area contributed by atoms with Gasteiger partial charge in [-0.2, -0.15) is 0 Å². The summed E-state index contributed by atoms with van der Waals surface area (Å²) >= 11 is 5.74. The van der Waals surface area contributed by atoms with Gasteiger partial charge in [0.2, 0.25) is 0 Å². The van der Waals surface area contributed by atoms with Gasteiger partial charge in [-0.1, -0.05) is 13.8 Å². The second-order valence-corrected chi connectivity index (χ2v) is 4.09. The molecule has 1 N–H and O–H groups in total. The molecule has 1 atom stereocenters. The molecule has 0 aliphatic carbocycles. The summed E-state index contributed by atoms with van der Waals surface area (Å²) in [7, 11) is 0. The lowest BCUT2D eigenvalue weighted by molar-refractivity contribution is 0.693. The summed E-state index contributed by atoms with van der Waals surface area (Å²) in [6.45, 7) is 6.96. The highest BCUT2D eigenvalue weighted by Gasteiger charge is 2.02. The molecule has 0 bridgehead atoms. The normalized spacial score (nSPS) is 12.5. The maximum absolute atomic E-state index is 5.74. The third kappa shape index (κ3) is 4.04. The molecule has 0 radical (unpaired) electrons. The molecule has 1 aromatic rings. The summed E-state index contributed by atoms with van der Waals surface area (Å²) in [4.78, 5) is 8.65. The fraction of sp³-hybridized carbons (Fsp3) is 0.636. The van der Waals surface area contributed by atoms with Crippen molar-refractivity contribution in [1.29, 1.82) is 0 Å². The van der Waals surface area contributed by atoms with Crippen LogP contribution in [0, 0.1) is 12.8 Å². The first-order valence-corrected chi connectivity index (χ1v) is 5.83. The Morgan fingerprint density at radius 2 is 2.20 bits per heavy atom. The lowest BCUT2D eigenvalue weighted by Crippen LogP contribution is -2.14. The Hall–Kier alpha value is -0.830. The Morgan fingerprint density at radius 1 is 1.47 bits per heavy atom. The average molecular weight is 228 g/mol. The van der Waals surface area contributed by atoms with Crippen LogP contribution in [0.1, 0.15) is 25.4 Å². The van der Waals surface area contributed by atoms with E-state index < -0.39 is 0 Å². The summed E-state index contributed by atoms with van der Waals surface area (Å²) < 4.78 is 0. The van der Waals surface area contributed by atoms with Gasteiger partial charge >= 0.3 is 0 Å². The third-order valence-corrected chi connectivity index (χ3v) is 2.68. The molecule has 1 heterocycles. The van der Waals surface area contributed by atoms with Crippen LogP contribution < -0.4 is 5.32 Å². The Morgan fingerprint density at radius 3 is 2.80 bits per heavy atom. The topological polar surface area (TPSA) is 37.8 Å². The summed E-state index contributed by atoms with van der Waals surface area (Å²) in [5.74, 6) is 2.83. The van der Waals surface area contributed by atoms with Crippen LogP contribution in [-0.4, -0.2) is 22.4 Å².